The van der Waals surface area contributed by atoms with Crippen LogP contribution >= 0.6 is 0 Å². The van der Waals surface area contributed by atoms with Crippen LogP contribution in [0.3, 0.4) is 0 Å². The monoisotopic (exact) mass is 296 g/mol. The van der Waals surface area contributed by atoms with Crippen LogP contribution in [-0.2, 0) is 4.79 Å². The minimum Gasteiger partial charge on any atom is -0.369 e. The molecule has 1 atom stereocenters. The highest BCUT2D eigenvalue weighted by molar-refractivity contribution is 6.00. The molecule has 1 fully saturated rings. The van der Waals surface area contributed by atoms with E-state index in [0.717, 1.165) is 53.4 Å². The van der Waals surface area contributed by atoms with E-state index >= 15 is 0 Å². The van der Waals surface area contributed by atoms with Crippen LogP contribution in [0.25, 0.3) is 10.8 Å². The highest BCUT2D eigenvalue weighted by Gasteiger charge is 2.23. The minimum absolute atomic E-state index is 0.0178. The number of hydrogen-bond acceptors (Lipinski definition) is 3. The largest absolute Gasteiger partial charge is 0.369 e. The first-order chi connectivity index (χ1) is 10.6. The number of carbonyl (C=O) groups excluding carboxylic acids is 2. The van der Waals surface area contributed by atoms with Crippen molar-refractivity contribution in [2.75, 3.05) is 18.0 Å². The Morgan fingerprint density at radius 3 is 2.82 bits per heavy atom. The third-order valence-electron chi connectivity index (χ3n) is 4.34. The van der Waals surface area contributed by atoms with Crippen LogP contribution < -0.4 is 10.2 Å². The lowest BCUT2D eigenvalue weighted by Gasteiger charge is -2.20. The van der Waals surface area contributed by atoms with Crippen molar-refractivity contribution >= 4 is 28.7 Å². The van der Waals surface area contributed by atoms with Crippen molar-refractivity contribution in [2.45, 2.75) is 26.3 Å². The summed E-state index contributed by atoms with van der Waals surface area (Å²) in [6, 6.07) is 10.5. The summed E-state index contributed by atoms with van der Waals surface area (Å²) in [6.45, 7) is 5.24. The van der Waals surface area contributed by atoms with Gasteiger partial charge in [-0.2, -0.15) is 0 Å². The lowest BCUT2D eigenvalue weighted by atomic mass is 10.00. The third-order valence-corrected chi connectivity index (χ3v) is 4.34. The molecule has 4 heteroatoms. The fraction of sp³-hybridized carbons (Fsp3) is 0.333. The molecule has 3 rings (SSSR count). The molecular weight excluding hydrogens is 276 g/mol. The normalized spacial score (nSPS) is 17.7. The number of aryl methyl sites for hydroxylation is 1. The summed E-state index contributed by atoms with van der Waals surface area (Å²) in [7, 11) is 0. The topological polar surface area (TPSA) is 49.4 Å². The van der Waals surface area contributed by atoms with Crippen molar-refractivity contribution in [1.82, 2.24) is 5.32 Å². The Morgan fingerprint density at radius 2 is 2.09 bits per heavy atom. The van der Waals surface area contributed by atoms with Gasteiger partial charge in [0.2, 0.25) is 5.91 Å². The van der Waals surface area contributed by atoms with Gasteiger partial charge in [-0.15, -0.1) is 0 Å². The average molecular weight is 296 g/mol. The van der Waals surface area contributed by atoms with E-state index in [1.807, 2.05) is 19.1 Å². The Kier molecular flexibility index (Phi) is 3.84. The Morgan fingerprint density at radius 1 is 1.32 bits per heavy atom. The van der Waals surface area contributed by atoms with Gasteiger partial charge in [0.15, 0.2) is 6.29 Å². The van der Waals surface area contributed by atoms with Crippen molar-refractivity contribution in [3.63, 3.8) is 0 Å². The maximum atomic E-state index is 11.4. The zero-order chi connectivity index (χ0) is 15.7. The summed E-state index contributed by atoms with van der Waals surface area (Å²) < 4.78 is 0. The van der Waals surface area contributed by atoms with E-state index in [1.165, 1.54) is 0 Å². The lowest BCUT2D eigenvalue weighted by Crippen LogP contribution is -2.35. The summed E-state index contributed by atoms with van der Waals surface area (Å²) in [4.78, 5) is 24.8. The third kappa shape index (κ3) is 2.69. The molecule has 1 N–H and O–H groups in total. The Labute approximate surface area is 130 Å². The molecule has 0 aliphatic carbocycles. The molecule has 114 valence electrons. The molecule has 22 heavy (non-hydrogen) atoms. The van der Waals surface area contributed by atoms with Crippen molar-refractivity contribution in [1.29, 1.82) is 0 Å². The van der Waals surface area contributed by atoms with Crippen LogP contribution in [0.2, 0.25) is 0 Å². The van der Waals surface area contributed by atoms with E-state index in [1.54, 1.807) is 6.92 Å². The smallest absolute Gasteiger partial charge is 0.217 e. The minimum atomic E-state index is 0.0178. The second kappa shape index (κ2) is 5.79. The second-order valence-corrected chi connectivity index (χ2v) is 5.95. The molecule has 0 spiro atoms. The van der Waals surface area contributed by atoms with Gasteiger partial charge < -0.3 is 10.2 Å². The van der Waals surface area contributed by atoms with Crippen molar-refractivity contribution < 1.29 is 9.59 Å². The molecule has 1 saturated heterocycles. The van der Waals surface area contributed by atoms with Gasteiger partial charge in [0.1, 0.15) is 0 Å². The number of nitrogens with zero attached hydrogens (tertiary/aromatic N) is 1. The van der Waals surface area contributed by atoms with Gasteiger partial charge in [-0.3, -0.25) is 9.59 Å². The van der Waals surface area contributed by atoms with Gasteiger partial charge in [-0.1, -0.05) is 18.2 Å². The summed E-state index contributed by atoms with van der Waals surface area (Å²) in [5.41, 5.74) is 2.86. The summed E-state index contributed by atoms with van der Waals surface area (Å²) >= 11 is 0. The quantitative estimate of drug-likeness (QED) is 0.886. The van der Waals surface area contributed by atoms with Gasteiger partial charge in [0, 0.05) is 37.3 Å². The van der Waals surface area contributed by atoms with Crippen LogP contribution in [0.5, 0.6) is 0 Å². The molecule has 0 bridgehead atoms. The number of anilines is 1. The number of hydrogen-bond donors (Lipinski definition) is 1. The Bertz CT molecular complexity index is 739. The number of carbonyl (C=O) groups is 2. The Balaban J connectivity index is 1.92. The number of benzene rings is 2. The number of amides is 1. The standard InChI is InChI=1S/C18H20N2O2/c1-12-3-4-14-5-6-16(9-17(14)18(12)11-21)20-8-7-15(10-20)19-13(2)22/h3-6,9,11,15H,7-8,10H2,1-2H3,(H,19,22). The molecule has 4 nitrogen and oxygen atoms in total. The van der Waals surface area contributed by atoms with Gasteiger partial charge in [0.05, 0.1) is 0 Å². The lowest BCUT2D eigenvalue weighted by molar-refractivity contribution is -0.119. The maximum Gasteiger partial charge on any atom is 0.217 e. The van der Waals surface area contributed by atoms with E-state index in [0.29, 0.717) is 0 Å². The van der Waals surface area contributed by atoms with E-state index in [9.17, 15) is 9.59 Å². The molecule has 1 amide bonds. The number of aldehydes is 1. The molecule has 0 radical (unpaired) electrons. The summed E-state index contributed by atoms with van der Waals surface area (Å²) in [6.07, 6.45) is 1.89. The SMILES string of the molecule is CC(=O)NC1CCN(c2ccc3ccc(C)c(C=O)c3c2)C1. The summed E-state index contributed by atoms with van der Waals surface area (Å²) in [5.74, 6) is 0.0178. The average Bonchev–Trinajstić information content (AvgIpc) is 2.94. The van der Waals surface area contributed by atoms with Crippen molar-refractivity contribution in [2.24, 2.45) is 0 Å². The predicted molar refractivity (Wildman–Crippen MR) is 88.5 cm³/mol. The van der Waals surface area contributed by atoms with Crippen LogP contribution in [0.15, 0.2) is 30.3 Å². The van der Waals surface area contributed by atoms with Crippen LogP contribution in [0.4, 0.5) is 5.69 Å². The van der Waals surface area contributed by atoms with E-state index < -0.39 is 0 Å². The van der Waals surface area contributed by atoms with Gasteiger partial charge in [-0.05, 0) is 41.8 Å². The molecular formula is C18H20N2O2. The highest BCUT2D eigenvalue weighted by Crippen LogP contribution is 2.28. The molecule has 0 aromatic heterocycles. The van der Waals surface area contributed by atoms with E-state index in [-0.39, 0.29) is 11.9 Å². The number of rotatable bonds is 3. The maximum absolute atomic E-state index is 11.4. The first-order valence-corrected chi connectivity index (χ1v) is 7.59. The van der Waals surface area contributed by atoms with Gasteiger partial charge in [-0.25, -0.2) is 0 Å². The zero-order valence-electron chi connectivity index (χ0n) is 12.9. The van der Waals surface area contributed by atoms with Crippen molar-refractivity contribution in [3.8, 4) is 0 Å². The number of nitrogens with one attached hydrogen (secondary N) is 1. The molecule has 1 heterocycles. The first kappa shape index (κ1) is 14.6. The van der Waals surface area contributed by atoms with Crippen LogP contribution in [-0.4, -0.2) is 31.3 Å². The zero-order valence-corrected chi connectivity index (χ0v) is 12.9. The van der Waals surface area contributed by atoms with Crippen LogP contribution in [0, 0.1) is 6.92 Å². The van der Waals surface area contributed by atoms with E-state index in [4.69, 9.17) is 0 Å². The fourth-order valence-corrected chi connectivity index (χ4v) is 3.19. The molecule has 1 aliphatic heterocycles. The Hall–Kier alpha value is -2.36. The van der Waals surface area contributed by atoms with Gasteiger partial charge in [0.25, 0.3) is 0 Å². The molecule has 2 aromatic rings. The summed E-state index contributed by atoms with van der Waals surface area (Å²) in [5, 5.41) is 5.05. The van der Waals surface area contributed by atoms with Crippen molar-refractivity contribution in [3.05, 3.63) is 41.5 Å². The number of fused-ring (bicyclic) bond motifs is 1. The van der Waals surface area contributed by atoms with E-state index in [2.05, 4.69) is 28.4 Å². The van der Waals surface area contributed by atoms with Gasteiger partial charge >= 0.3 is 0 Å². The predicted octanol–water partition coefficient (Wildman–Crippen LogP) is 2.68. The second-order valence-electron chi connectivity index (χ2n) is 5.95. The molecule has 0 saturated carbocycles. The first-order valence-electron chi connectivity index (χ1n) is 7.59. The highest BCUT2D eigenvalue weighted by atomic mass is 16.1. The fourth-order valence-electron chi connectivity index (χ4n) is 3.19. The molecule has 2 aromatic carbocycles. The molecule has 1 aliphatic rings. The van der Waals surface area contributed by atoms with Crippen LogP contribution in [0.1, 0.15) is 29.3 Å². The molecule has 1 unspecified atom stereocenters.